The Kier molecular flexibility index (Phi) is 6.14. The summed E-state index contributed by atoms with van der Waals surface area (Å²) >= 11 is 7.90. The second-order valence-electron chi connectivity index (χ2n) is 8.78. The van der Waals surface area contributed by atoms with E-state index in [0.29, 0.717) is 37.8 Å². The molecule has 2 aromatic rings. The SMILES string of the molecule is NC(=O)[C@H]1CCS[C@@H]2C[C@]3(CCCN3C(=O)c3ccc(Cl)c(NC(=O)c4cnccn4)c3)C(=O)N12. The maximum Gasteiger partial charge on any atom is 0.275 e. The fraction of sp³-hybridized carbons (Fsp3) is 0.391. The molecule has 5 rings (SSSR count). The molecule has 4 heterocycles. The fourth-order valence-electron chi connectivity index (χ4n) is 5.18. The van der Waals surface area contributed by atoms with Crippen LogP contribution >= 0.6 is 23.4 Å². The molecule has 0 saturated carbocycles. The molecule has 3 aliphatic heterocycles. The van der Waals surface area contributed by atoms with Crippen molar-refractivity contribution in [3.63, 3.8) is 0 Å². The van der Waals surface area contributed by atoms with E-state index in [4.69, 9.17) is 17.3 Å². The van der Waals surface area contributed by atoms with Gasteiger partial charge in [-0.2, -0.15) is 0 Å². The van der Waals surface area contributed by atoms with E-state index in [1.807, 2.05) is 0 Å². The van der Waals surface area contributed by atoms with Crippen LogP contribution in [0.15, 0.2) is 36.8 Å². The molecule has 0 radical (unpaired) electrons. The van der Waals surface area contributed by atoms with Gasteiger partial charge in [-0.1, -0.05) is 11.6 Å². The van der Waals surface area contributed by atoms with Gasteiger partial charge in [0.15, 0.2) is 0 Å². The normalized spacial score (nSPS) is 25.6. The number of aromatic nitrogens is 2. The first-order valence-corrected chi connectivity index (χ1v) is 12.7. The van der Waals surface area contributed by atoms with Gasteiger partial charge in [0.25, 0.3) is 11.8 Å². The number of likely N-dealkylation sites (tertiary alicyclic amines) is 1. The van der Waals surface area contributed by atoms with E-state index in [1.54, 1.807) is 27.6 Å². The number of nitrogens with zero attached hydrogens (tertiary/aromatic N) is 4. The van der Waals surface area contributed by atoms with Crippen molar-refractivity contribution in [2.45, 2.75) is 42.6 Å². The van der Waals surface area contributed by atoms with Crippen molar-refractivity contribution in [1.82, 2.24) is 19.8 Å². The number of fused-ring (bicyclic) bond motifs is 1. The molecule has 1 spiro atoms. The van der Waals surface area contributed by atoms with Gasteiger partial charge in [0, 0.05) is 30.9 Å². The standard InChI is InChI=1S/C23H23ClN6O4S/c24-14-3-2-13(10-15(14)28-20(32)16-12-26-6-7-27-16)21(33)29-8-1-5-23(29)11-18-30(22(23)34)17(19(25)31)4-9-35-18/h2-3,6-7,10,12,17-18H,1,4-5,8-9,11H2,(H2,25,31)(H,28,32)/t17-,18-,23-/m1/s1. The maximum atomic E-state index is 13.7. The molecule has 12 heteroatoms. The monoisotopic (exact) mass is 514 g/mol. The Morgan fingerprint density at radius 2 is 2.09 bits per heavy atom. The van der Waals surface area contributed by atoms with Crippen molar-refractivity contribution in [2.75, 3.05) is 17.6 Å². The molecule has 3 atom stereocenters. The van der Waals surface area contributed by atoms with Gasteiger partial charge in [0.05, 0.1) is 22.3 Å². The zero-order valence-corrected chi connectivity index (χ0v) is 20.2. The Hall–Kier alpha value is -3.18. The molecular formula is C23H23ClN6O4S. The molecule has 4 amide bonds. The molecule has 3 N–H and O–H groups in total. The van der Waals surface area contributed by atoms with Crippen LogP contribution in [0.3, 0.4) is 0 Å². The molecule has 182 valence electrons. The molecule has 3 aliphatic rings. The highest BCUT2D eigenvalue weighted by molar-refractivity contribution is 7.99. The molecule has 3 fully saturated rings. The van der Waals surface area contributed by atoms with E-state index in [1.165, 1.54) is 30.7 Å². The molecule has 0 bridgehead atoms. The van der Waals surface area contributed by atoms with Crippen molar-refractivity contribution < 1.29 is 19.2 Å². The van der Waals surface area contributed by atoms with Crippen LogP contribution in [-0.4, -0.2) is 72.6 Å². The highest BCUT2D eigenvalue weighted by Gasteiger charge is 2.61. The van der Waals surface area contributed by atoms with E-state index < -0.39 is 23.4 Å². The molecule has 1 aromatic heterocycles. The van der Waals surface area contributed by atoms with Crippen LogP contribution in [-0.2, 0) is 9.59 Å². The Balaban J connectivity index is 1.41. The Labute approximate surface area is 210 Å². The van der Waals surface area contributed by atoms with Gasteiger partial charge in [-0.05, 0) is 43.2 Å². The number of primary amides is 1. The van der Waals surface area contributed by atoms with E-state index in [-0.39, 0.29) is 33.6 Å². The number of hydrogen-bond acceptors (Lipinski definition) is 7. The molecule has 10 nitrogen and oxygen atoms in total. The summed E-state index contributed by atoms with van der Waals surface area (Å²) in [7, 11) is 0. The molecule has 1 aromatic carbocycles. The first-order valence-electron chi connectivity index (χ1n) is 11.2. The molecule has 0 unspecified atom stereocenters. The Bertz CT molecular complexity index is 1210. The number of nitrogens with two attached hydrogens (primary N) is 1. The lowest BCUT2D eigenvalue weighted by Gasteiger charge is -2.36. The second-order valence-corrected chi connectivity index (χ2v) is 10.5. The van der Waals surface area contributed by atoms with Gasteiger partial charge in [0.2, 0.25) is 11.8 Å². The van der Waals surface area contributed by atoms with Crippen molar-refractivity contribution in [3.05, 3.63) is 53.1 Å². The highest BCUT2D eigenvalue weighted by atomic mass is 35.5. The summed E-state index contributed by atoms with van der Waals surface area (Å²) in [5.41, 5.74) is 5.24. The third kappa shape index (κ3) is 4.02. The largest absolute Gasteiger partial charge is 0.368 e. The Morgan fingerprint density at radius 3 is 2.83 bits per heavy atom. The molecule has 0 aliphatic carbocycles. The first kappa shape index (κ1) is 23.6. The van der Waals surface area contributed by atoms with Gasteiger partial charge in [-0.25, -0.2) is 4.98 Å². The topological polar surface area (TPSA) is 139 Å². The second kappa shape index (κ2) is 9.12. The predicted octanol–water partition coefficient (Wildman–Crippen LogP) is 1.91. The van der Waals surface area contributed by atoms with Gasteiger partial charge >= 0.3 is 0 Å². The quantitative estimate of drug-likeness (QED) is 0.635. The van der Waals surface area contributed by atoms with Crippen molar-refractivity contribution in [3.8, 4) is 0 Å². The average Bonchev–Trinajstić information content (AvgIpc) is 3.41. The number of halogens is 1. The smallest absolute Gasteiger partial charge is 0.275 e. The highest BCUT2D eigenvalue weighted by Crippen LogP contribution is 2.48. The van der Waals surface area contributed by atoms with Crippen LogP contribution < -0.4 is 11.1 Å². The van der Waals surface area contributed by atoms with Crippen LogP contribution in [0.25, 0.3) is 0 Å². The predicted molar refractivity (Wildman–Crippen MR) is 130 cm³/mol. The molecular weight excluding hydrogens is 492 g/mol. The number of amides is 4. The molecule has 35 heavy (non-hydrogen) atoms. The number of thioether (sulfide) groups is 1. The van der Waals surface area contributed by atoms with E-state index in [2.05, 4.69) is 15.3 Å². The van der Waals surface area contributed by atoms with Crippen molar-refractivity contribution >= 4 is 52.7 Å². The van der Waals surface area contributed by atoms with Crippen molar-refractivity contribution in [1.29, 1.82) is 0 Å². The minimum absolute atomic E-state index is 0.105. The third-order valence-electron chi connectivity index (χ3n) is 6.81. The first-order chi connectivity index (χ1) is 16.8. The summed E-state index contributed by atoms with van der Waals surface area (Å²) in [6.07, 6.45) is 6.35. The minimum Gasteiger partial charge on any atom is -0.368 e. The summed E-state index contributed by atoms with van der Waals surface area (Å²) in [5.74, 6) is -0.840. The van der Waals surface area contributed by atoms with E-state index in [9.17, 15) is 19.2 Å². The van der Waals surface area contributed by atoms with Gasteiger partial charge in [-0.15, -0.1) is 11.8 Å². The Morgan fingerprint density at radius 1 is 1.26 bits per heavy atom. The number of hydrogen-bond donors (Lipinski definition) is 2. The number of benzene rings is 1. The average molecular weight is 515 g/mol. The summed E-state index contributed by atoms with van der Waals surface area (Å²) in [6, 6.07) is 3.95. The number of carbonyl (C=O) groups is 4. The van der Waals surface area contributed by atoms with Gasteiger partial charge < -0.3 is 20.9 Å². The number of nitrogens with one attached hydrogen (secondary N) is 1. The lowest BCUT2D eigenvalue weighted by Crippen LogP contribution is -2.56. The van der Waals surface area contributed by atoms with Gasteiger partial charge in [-0.3, -0.25) is 24.2 Å². The third-order valence-corrected chi connectivity index (χ3v) is 8.39. The van der Waals surface area contributed by atoms with E-state index >= 15 is 0 Å². The van der Waals surface area contributed by atoms with Crippen molar-refractivity contribution in [2.24, 2.45) is 5.73 Å². The molecule has 3 saturated heterocycles. The van der Waals surface area contributed by atoms with Gasteiger partial charge in [0.1, 0.15) is 17.3 Å². The summed E-state index contributed by atoms with van der Waals surface area (Å²) < 4.78 is 0. The zero-order valence-electron chi connectivity index (χ0n) is 18.6. The summed E-state index contributed by atoms with van der Waals surface area (Å²) in [4.78, 5) is 62.9. The van der Waals surface area contributed by atoms with Crippen LogP contribution in [0, 0.1) is 0 Å². The zero-order chi connectivity index (χ0) is 24.7. The van der Waals surface area contributed by atoms with Crippen LogP contribution in [0.4, 0.5) is 5.69 Å². The summed E-state index contributed by atoms with van der Waals surface area (Å²) in [6.45, 7) is 0.418. The van der Waals surface area contributed by atoms with Crippen LogP contribution in [0.5, 0.6) is 0 Å². The maximum absolute atomic E-state index is 13.7. The number of anilines is 1. The van der Waals surface area contributed by atoms with Crippen LogP contribution in [0.2, 0.25) is 5.02 Å². The lowest BCUT2D eigenvalue weighted by molar-refractivity contribution is -0.142. The fourth-order valence-corrected chi connectivity index (χ4v) is 6.78. The summed E-state index contributed by atoms with van der Waals surface area (Å²) in [5, 5.41) is 2.74. The number of rotatable bonds is 4. The minimum atomic E-state index is -1.00. The van der Waals surface area contributed by atoms with Crippen LogP contribution in [0.1, 0.15) is 46.5 Å². The van der Waals surface area contributed by atoms with E-state index in [0.717, 1.165) is 5.75 Å². The lowest BCUT2D eigenvalue weighted by atomic mass is 9.93. The number of carbonyl (C=O) groups excluding carboxylic acids is 4.